The Morgan fingerprint density at radius 1 is 1.80 bits per heavy atom. The summed E-state index contributed by atoms with van der Waals surface area (Å²) in [6.07, 6.45) is 4.65. The number of nitrogens with two attached hydrogens (primary N) is 1. The molecule has 2 heteroatoms. The standard InChI is InChI=1S/C3H5N.B/c1-2-3-4;/h1H,3-4H2;. The smallest absolute Gasteiger partial charge is 0.0548 e. The number of terminal acetylenes is 1. The van der Waals surface area contributed by atoms with Crippen molar-refractivity contribution in [2.45, 2.75) is 0 Å². The first-order chi connectivity index (χ1) is 1.91. The summed E-state index contributed by atoms with van der Waals surface area (Å²) < 4.78 is 0. The van der Waals surface area contributed by atoms with E-state index < -0.39 is 0 Å². The highest BCUT2D eigenvalue weighted by Gasteiger charge is 1.41. The van der Waals surface area contributed by atoms with Gasteiger partial charge in [0.05, 0.1) is 6.54 Å². The minimum Gasteiger partial charge on any atom is -0.320 e. The zero-order valence-corrected chi connectivity index (χ0v) is 2.94. The van der Waals surface area contributed by atoms with Crippen LogP contribution in [0.15, 0.2) is 0 Å². The molecule has 0 aliphatic rings. The Hall–Kier alpha value is -0.415. The third-order valence-electron chi connectivity index (χ3n) is 0.118. The molecule has 0 aromatic carbocycles. The van der Waals surface area contributed by atoms with E-state index >= 15 is 0 Å². The molecule has 25 valence electrons. The zero-order valence-electron chi connectivity index (χ0n) is 2.94. The predicted molar refractivity (Wildman–Crippen MR) is 23.6 cm³/mol. The van der Waals surface area contributed by atoms with Crippen molar-refractivity contribution in [3.63, 3.8) is 0 Å². The maximum atomic E-state index is 4.79. The van der Waals surface area contributed by atoms with Crippen molar-refractivity contribution < 1.29 is 0 Å². The minimum atomic E-state index is 0. The minimum absolute atomic E-state index is 0. The van der Waals surface area contributed by atoms with Crippen molar-refractivity contribution in [2.75, 3.05) is 6.54 Å². The molecule has 2 N–H and O–H groups in total. The average Bonchev–Trinajstić information content (AvgIpc) is 1.37. The van der Waals surface area contributed by atoms with Crippen molar-refractivity contribution >= 4 is 8.41 Å². The van der Waals surface area contributed by atoms with Crippen LogP contribution >= 0.6 is 0 Å². The lowest BCUT2D eigenvalue weighted by Gasteiger charge is -1.56. The topological polar surface area (TPSA) is 26.0 Å². The Morgan fingerprint density at radius 3 is 2.00 bits per heavy atom. The fourth-order valence-corrected chi connectivity index (χ4v) is 0. The first-order valence-corrected chi connectivity index (χ1v) is 1.05. The molecule has 0 saturated heterocycles. The van der Waals surface area contributed by atoms with Gasteiger partial charge in [0.1, 0.15) is 0 Å². The molecule has 0 atom stereocenters. The summed E-state index contributed by atoms with van der Waals surface area (Å²) in [5.41, 5.74) is 4.79. The molecule has 0 aliphatic carbocycles. The van der Waals surface area contributed by atoms with Crippen molar-refractivity contribution in [1.82, 2.24) is 0 Å². The highest BCUT2D eigenvalue weighted by atomic mass is 14.5. The van der Waals surface area contributed by atoms with Crippen LogP contribution in [0.1, 0.15) is 0 Å². The van der Waals surface area contributed by atoms with Gasteiger partial charge in [0.25, 0.3) is 0 Å². The van der Waals surface area contributed by atoms with E-state index in [0.29, 0.717) is 6.54 Å². The Labute approximate surface area is 34.1 Å². The predicted octanol–water partition coefficient (Wildman–Crippen LogP) is -0.802. The van der Waals surface area contributed by atoms with E-state index in [1.54, 1.807) is 0 Å². The highest BCUT2D eigenvalue weighted by Crippen LogP contribution is 1.25. The van der Waals surface area contributed by atoms with Crippen LogP contribution in [0.4, 0.5) is 0 Å². The molecule has 5 heavy (non-hydrogen) atoms. The average molecular weight is 65.9 g/mol. The molecule has 0 bridgehead atoms. The van der Waals surface area contributed by atoms with Crippen LogP contribution < -0.4 is 5.73 Å². The summed E-state index contributed by atoms with van der Waals surface area (Å²) in [6.45, 7) is 0.347. The lowest BCUT2D eigenvalue weighted by Crippen LogP contribution is -1.91. The maximum absolute atomic E-state index is 4.79. The van der Waals surface area contributed by atoms with Crippen molar-refractivity contribution in [3.8, 4) is 12.3 Å². The van der Waals surface area contributed by atoms with Gasteiger partial charge in [-0.3, -0.25) is 0 Å². The van der Waals surface area contributed by atoms with Gasteiger partial charge in [-0.2, -0.15) is 0 Å². The van der Waals surface area contributed by atoms with Gasteiger partial charge in [0, 0.05) is 8.41 Å². The lowest BCUT2D eigenvalue weighted by molar-refractivity contribution is 1.30. The van der Waals surface area contributed by atoms with Gasteiger partial charge in [-0.25, -0.2) is 0 Å². The quantitative estimate of drug-likeness (QED) is 0.290. The molecule has 0 rings (SSSR count). The molecular formula is C3H5BN. The van der Waals surface area contributed by atoms with Gasteiger partial charge in [0.2, 0.25) is 0 Å². The monoisotopic (exact) mass is 66.1 g/mol. The molecule has 0 spiro atoms. The Morgan fingerprint density at radius 2 is 2.00 bits per heavy atom. The molecule has 0 aromatic heterocycles. The van der Waals surface area contributed by atoms with E-state index in [9.17, 15) is 0 Å². The van der Waals surface area contributed by atoms with Crippen LogP contribution in [0.2, 0.25) is 0 Å². The van der Waals surface area contributed by atoms with E-state index in [2.05, 4.69) is 12.3 Å². The van der Waals surface area contributed by atoms with Gasteiger partial charge < -0.3 is 5.73 Å². The van der Waals surface area contributed by atoms with E-state index in [1.165, 1.54) is 0 Å². The zero-order chi connectivity index (χ0) is 3.41. The Balaban J connectivity index is 0. The first-order valence-electron chi connectivity index (χ1n) is 1.05. The second kappa shape index (κ2) is 9.54. The molecule has 0 aliphatic heterocycles. The lowest BCUT2D eigenvalue weighted by atomic mass is 10.7. The highest BCUT2D eigenvalue weighted by molar-refractivity contribution is 5.75. The van der Waals surface area contributed by atoms with E-state index in [-0.39, 0.29) is 8.41 Å². The van der Waals surface area contributed by atoms with Gasteiger partial charge in [0.15, 0.2) is 0 Å². The molecule has 0 unspecified atom stereocenters. The fourth-order valence-electron chi connectivity index (χ4n) is 0. The van der Waals surface area contributed by atoms with Crippen LogP contribution in [0.3, 0.4) is 0 Å². The first kappa shape index (κ1) is 8.82. The molecule has 3 radical (unpaired) electrons. The van der Waals surface area contributed by atoms with Gasteiger partial charge in [-0.1, -0.05) is 5.92 Å². The normalized spacial score (nSPS) is 4.00. The van der Waals surface area contributed by atoms with Crippen LogP contribution in [0.25, 0.3) is 0 Å². The molecular weight excluding hydrogens is 60.9 g/mol. The summed E-state index contributed by atoms with van der Waals surface area (Å²) in [6, 6.07) is 0. The third kappa shape index (κ3) is 26.3. The summed E-state index contributed by atoms with van der Waals surface area (Å²) in [4.78, 5) is 0. The third-order valence-corrected chi connectivity index (χ3v) is 0.118. The summed E-state index contributed by atoms with van der Waals surface area (Å²) in [5, 5.41) is 0. The van der Waals surface area contributed by atoms with Gasteiger partial charge >= 0.3 is 0 Å². The largest absolute Gasteiger partial charge is 0.320 e. The van der Waals surface area contributed by atoms with Crippen LogP contribution in [0, 0.1) is 12.3 Å². The summed E-state index contributed by atoms with van der Waals surface area (Å²) in [5.74, 6) is 2.21. The maximum Gasteiger partial charge on any atom is 0.0548 e. The Kier molecular flexibility index (Phi) is 16.8. The molecule has 0 aromatic rings. The second-order valence-electron chi connectivity index (χ2n) is 0.408. The molecule has 1 nitrogen and oxygen atoms in total. The van der Waals surface area contributed by atoms with Gasteiger partial charge in [-0.05, 0) is 0 Å². The molecule has 0 saturated carbocycles. The number of hydrogen-bond acceptors (Lipinski definition) is 1. The second-order valence-corrected chi connectivity index (χ2v) is 0.408. The van der Waals surface area contributed by atoms with Crippen molar-refractivity contribution in [2.24, 2.45) is 5.73 Å². The fraction of sp³-hybridized carbons (Fsp3) is 0.333. The van der Waals surface area contributed by atoms with Crippen LogP contribution in [-0.2, 0) is 0 Å². The SMILES string of the molecule is C#CCN.[B]. The van der Waals surface area contributed by atoms with E-state index in [4.69, 9.17) is 5.73 Å². The summed E-state index contributed by atoms with van der Waals surface area (Å²) >= 11 is 0. The van der Waals surface area contributed by atoms with Crippen LogP contribution in [-0.4, -0.2) is 15.0 Å². The number of hydrogen-bond donors (Lipinski definition) is 1. The van der Waals surface area contributed by atoms with E-state index in [0.717, 1.165) is 0 Å². The van der Waals surface area contributed by atoms with Crippen molar-refractivity contribution in [1.29, 1.82) is 0 Å². The molecule has 0 fully saturated rings. The van der Waals surface area contributed by atoms with Gasteiger partial charge in [-0.15, -0.1) is 6.42 Å². The molecule has 0 heterocycles. The Bertz CT molecular complexity index is 36.6. The molecule has 0 amide bonds. The van der Waals surface area contributed by atoms with E-state index in [1.807, 2.05) is 0 Å². The van der Waals surface area contributed by atoms with Crippen molar-refractivity contribution in [3.05, 3.63) is 0 Å². The van der Waals surface area contributed by atoms with Crippen LogP contribution in [0.5, 0.6) is 0 Å². The number of rotatable bonds is 0. The summed E-state index contributed by atoms with van der Waals surface area (Å²) in [7, 11) is 0.